The predicted octanol–water partition coefficient (Wildman–Crippen LogP) is 2.45. The summed E-state index contributed by atoms with van der Waals surface area (Å²) in [5.41, 5.74) is 0.858. The summed E-state index contributed by atoms with van der Waals surface area (Å²) in [7, 11) is 2.08. The van der Waals surface area contributed by atoms with E-state index in [4.69, 9.17) is 17.2 Å². The van der Waals surface area contributed by atoms with E-state index in [1.54, 1.807) is 23.2 Å². The fourth-order valence-electron chi connectivity index (χ4n) is 3.65. The highest BCUT2D eigenvalue weighted by atomic mass is 32.2. The van der Waals surface area contributed by atoms with Crippen molar-refractivity contribution >= 4 is 51.7 Å². The van der Waals surface area contributed by atoms with Crippen LogP contribution in [0.2, 0.25) is 0 Å². The molecule has 0 bridgehead atoms. The van der Waals surface area contributed by atoms with Crippen molar-refractivity contribution in [1.82, 2.24) is 19.2 Å². The second-order valence-electron chi connectivity index (χ2n) is 7.68. The van der Waals surface area contributed by atoms with Crippen LogP contribution in [-0.4, -0.2) is 68.7 Å². The molecule has 1 atom stereocenters. The van der Waals surface area contributed by atoms with Gasteiger partial charge in [-0.25, -0.2) is 4.98 Å². The Kier molecular flexibility index (Phi) is 5.95. The maximum Gasteiger partial charge on any atom is 0.267 e. The van der Waals surface area contributed by atoms with Gasteiger partial charge in [0.1, 0.15) is 15.8 Å². The number of fused-ring (bicyclic) bond motifs is 1. The maximum atomic E-state index is 13.4. The van der Waals surface area contributed by atoms with Crippen LogP contribution < -0.4 is 10.5 Å². The van der Waals surface area contributed by atoms with Crippen LogP contribution in [0.1, 0.15) is 25.8 Å². The molecule has 4 rings (SSSR count). The average Bonchev–Trinajstić information content (AvgIpc) is 3.03. The molecule has 2 saturated heterocycles. The number of anilines is 1. The number of hydrogen-bond donors (Lipinski definition) is 0. The molecule has 7 nitrogen and oxygen atoms in total. The highest BCUT2D eigenvalue weighted by Crippen LogP contribution is 2.35. The quantitative estimate of drug-likeness (QED) is 0.531. The summed E-state index contributed by atoms with van der Waals surface area (Å²) < 4.78 is 2.07. The summed E-state index contributed by atoms with van der Waals surface area (Å²) in [6.07, 6.45) is 4.21. The van der Waals surface area contributed by atoms with Crippen molar-refractivity contribution in [2.24, 2.45) is 0 Å². The summed E-state index contributed by atoms with van der Waals surface area (Å²) in [5, 5.41) is 0. The molecule has 2 aliphatic heterocycles. The molecule has 4 heterocycles. The van der Waals surface area contributed by atoms with Gasteiger partial charge in [-0.3, -0.25) is 18.9 Å². The number of likely N-dealkylation sites (N-methyl/N-ethyl adjacent to an activating group) is 1. The number of thiocarbonyl (C=S) groups is 1. The highest BCUT2D eigenvalue weighted by molar-refractivity contribution is 8.26. The lowest BCUT2D eigenvalue weighted by atomic mass is 10.2. The number of carbonyl (C=O) groups is 1. The molecule has 0 spiro atoms. The zero-order valence-electron chi connectivity index (χ0n) is 17.4. The monoisotopic (exact) mass is 443 g/mol. The van der Waals surface area contributed by atoms with Gasteiger partial charge >= 0.3 is 0 Å². The lowest BCUT2D eigenvalue weighted by molar-refractivity contribution is -0.123. The minimum absolute atomic E-state index is 0.0244. The van der Waals surface area contributed by atoms with Crippen molar-refractivity contribution < 1.29 is 4.79 Å². The molecule has 0 saturated carbocycles. The Morgan fingerprint density at radius 2 is 1.97 bits per heavy atom. The number of pyridine rings is 1. The van der Waals surface area contributed by atoms with Gasteiger partial charge in [0.15, 0.2) is 0 Å². The van der Waals surface area contributed by atoms with E-state index in [0.717, 1.165) is 32.6 Å². The number of piperazine rings is 1. The van der Waals surface area contributed by atoms with Crippen LogP contribution in [0.5, 0.6) is 0 Å². The fraction of sp³-hybridized carbons (Fsp3) is 0.429. The van der Waals surface area contributed by atoms with Crippen LogP contribution in [0.15, 0.2) is 34.1 Å². The molecule has 0 aromatic carbocycles. The van der Waals surface area contributed by atoms with E-state index in [2.05, 4.69) is 16.8 Å². The lowest BCUT2D eigenvalue weighted by Gasteiger charge is -2.34. The van der Waals surface area contributed by atoms with Crippen molar-refractivity contribution in [2.45, 2.75) is 26.3 Å². The van der Waals surface area contributed by atoms with E-state index < -0.39 is 0 Å². The zero-order valence-corrected chi connectivity index (χ0v) is 19.0. The Labute approximate surface area is 185 Å². The molecular formula is C21H25N5O2S2. The van der Waals surface area contributed by atoms with E-state index in [-0.39, 0.29) is 17.5 Å². The Bertz CT molecular complexity index is 1090. The molecule has 2 aliphatic rings. The van der Waals surface area contributed by atoms with E-state index in [1.807, 2.05) is 26.0 Å². The summed E-state index contributed by atoms with van der Waals surface area (Å²) in [6, 6.07) is 5.52. The molecular weight excluding hydrogens is 418 g/mol. The summed E-state index contributed by atoms with van der Waals surface area (Å²) >= 11 is 6.70. The van der Waals surface area contributed by atoms with Crippen molar-refractivity contribution in [3.63, 3.8) is 0 Å². The normalized spacial score (nSPS) is 20.6. The number of hydrogen-bond acceptors (Lipinski definition) is 7. The molecule has 158 valence electrons. The first-order chi connectivity index (χ1) is 14.4. The second kappa shape index (κ2) is 8.49. The van der Waals surface area contributed by atoms with Gasteiger partial charge in [0.2, 0.25) is 0 Å². The van der Waals surface area contributed by atoms with Crippen LogP contribution in [0.25, 0.3) is 11.7 Å². The number of nitrogens with zero attached hydrogens (tertiary/aromatic N) is 5. The third kappa shape index (κ3) is 3.77. The van der Waals surface area contributed by atoms with Gasteiger partial charge in [0.05, 0.1) is 10.5 Å². The van der Waals surface area contributed by atoms with Gasteiger partial charge in [-0.05, 0) is 38.6 Å². The molecule has 0 N–H and O–H groups in total. The average molecular weight is 444 g/mol. The first-order valence-corrected chi connectivity index (χ1v) is 11.3. The SMILES string of the molecule is CCC(C)N1C(=O)/C(=C/c2c(N3CCN(C)CC3)nc3ccccn3c2=O)SC1=S. The Morgan fingerprint density at radius 1 is 1.23 bits per heavy atom. The molecule has 0 radical (unpaired) electrons. The predicted molar refractivity (Wildman–Crippen MR) is 126 cm³/mol. The van der Waals surface area contributed by atoms with Crippen LogP contribution in [0.3, 0.4) is 0 Å². The Balaban J connectivity index is 1.83. The molecule has 2 aromatic heterocycles. The van der Waals surface area contributed by atoms with E-state index in [0.29, 0.717) is 26.3 Å². The van der Waals surface area contributed by atoms with Crippen molar-refractivity contribution in [2.75, 3.05) is 38.1 Å². The van der Waals surface area contributed by atoms with Crippen molar-refractivity contribution in [3.05, 3.63) is 45.2 Å². The largest absolute Gasteiger partial charge is 0.353 e. The van der Waals surface area contributed by atoms with Gasteiger partial charge in [-0.1, -0.05) is 37.0 Å². The fourth-order valence-corrected chi connectivity index (χ4v) is 5.09. The first kappa shape index (κ1) is 21.0. The molecule has 30 heavy (non-hydrogen) atoms. The maximum absolute atomic E-state index is 13.4. The topological polar surface area (TPSA) is 61.2 Å². The smallest absolute Gasteiger partial charge is 0.267 e. The Hall–Kier alpha value is -2.23. The Morgan fingerprint density at radius 3 is 2.67 bits per heavy atom. The van der Waals surface area contributed by atoms with Gasteiger partial charge in [0, 0.05) is 38.4 Å². The summed E-state index contributed by atoms with van der Waals surface area (Å²) in [5.74, 6) is 0.495. The van der Waals surface area contributed by atoms with E-state index in [9.17, 15) is 9.59 Å². The van der Waals surface area contributed by atoms with Crippen LogP contribution in [0, 0.1) is 0 Å². The number of carbonyl (C=O) groups excluding carboxylic acids is 1. The summed E-state index contributed by atoms with van der Waals surface area (Å²) in [4.78, 5) is 37.7. The molecule has 0 aliphatic carbocycles. The minimum atomic E-state index is -0.177. The number of rotatable bonds is 4. The van der Waals surface area contributed by atoms with Crippen molar-refractivity contribution in [3.8, 4) is 0 Å². The van der Waals surface area contributed by atoms with Gasteiger partial charge in [-0.2, -0.15) is 0 Å². The second-order valence-corrected chi connectivity index (χ2v) is 9.36. The highest BCUT2D eigenvalue weighted by Gasteiger charge is 2.35. The van der Waals surface area contributed by atoms with Crippen LogP contribution in [0.4, 0.5) is 5.82 Å². The van der Waals surface area contributed by atoms with Gasteiger partial charge in [0.25, 0.3) is 11.5 Å². The van der Waals surface area contributed by atoms with E-state index >= 15 is 0 Å². The van der Waals surface area contributed by atoms with E-state index in [1.165, 1.54) is 16.2 Å². The van der Waals surface area contributed by atoms with Crippen LogP contribution >= 0.6 is 24.0 Å². The van der Waals surface area contributed by atoms with Crippen molar-refractivity contribution in [1.29, 1.82) is 0 Å². The molecule has 2 aromatic rings. The first-order valence-electron chi connectivity index (χ1n) is 10.1. The van der Waals surface area contributed by atoms with Crippen LogP contribution in [-0.2, 0) is 4.79 Å². The molecule has 1 unspecified atom stereocenters. The number of amides is 1. The van der Waals surface area contributed by atoms with Gasteiger partial charge in [-0.15, -0.1) is 0 Å². The minimum Gasteiger partial charge on any atom is -0.353 e. The number of aromatic nitrogens is 2. The zero-order chi connectivity index (χ0) is 21.4. The molecule has 1 amide bonds. The third-order valence-electron chi connectivity index (χ3n) is 5.68. The number of thioether (sulfide) groups is 1. The third-order valence-corrected chi connectivity index (χ3v) is 7.01. The van der Waals surface area contributed by atoms with Gasteiger partial charge < -0.3 is 9.80 Å². The lowest BCUT2D eigenvalue weighted by Crippen LogP contribution is -2.45. The summed E-state index contributed by atoms with van der Waals surface area (Å²) in [6.45, 7) is 7.35. The molecule has 9 heteroatoms. The molecule has 2 fully saturated rings. The standard InChI is InChI=1S/C21H25N5O2S2/c1-4-14(2)26-20(28)16(30-21(26)29)13-15-18(24-11-9-23(3)10-12-24)22-17-7-5-6-8-25(17)19(15)27/h5-8,13-14H,4,9-12H2,1-3H3/b16-13-.